The molecule has 0 aliphatic heterocycles. The Morgan fingerprint density at radius 1 is 1.24 bits per heavy atom. The summed E-state index contributed by atoms with van der Waals surface area (Å²) in [7, 11) is 0. The van der Waals surface area contributed by atoms with Crippen molar-refractivity contribution in [3.63, 3.8) is 0 Å². The van der Waals surface area contributed by atoms with Gasteiger partial charge in [0.25, 0.3) is 0 Å². The first kappa shape index (κ1) is 14.5. The van der Waals surface area contributed by atoms with Crippen LogP contribution in [0.1, 0.15) is 39.2 Å². The van der Waals surface area contributed by atoms with Gasteiger partial charge in [0.1, 0.15) is 0 Å². The summed E-state index contributed by atoms with van der Waals surface area (Å²) in [6.45, 7) is 7.77. The van der Waals surface area contributed by atoms with Crippen molar-refractivity contribution in [2.45, 2.75) is 46.1 Å². The van der Waals surface area contributed by atoms with Gasteiger partial charge in [0.2, 0.25) is 0 Å². The smallest absolute Gasteiger partial charge is 0.0437 e. The Balaban J connectivity index is 2.48. The van der Waals surface area contributed by atoms with Gasteiger partial charge >= 0.3 is 0 Å². The van der Waals surface area contributed by atoms with E-state index in [0.717, 1.165) is 30.3 Å². The van der Waals surface area contributed by atoms with Crippen molar-refractivity contribution in [1.82, 2.24) is 5.32 Å². The lowest BCUT2D eigenvalue weighted by Gasteiger charge is -2.20. The molecule has 0 aromatic heterocycles. The first-order valence-electron chi connectivity index (χ1n) is 6.60. The van der Waals surface area contributed by atoms with E-state index in [1.807, 2.05) is 12.1 Å². The highest BCUT2D eigenvalue weighted by Gasteiger charge is 2.10. The fraction of sp³-hybridized carbons (Fsp3) is 0.600. The third-order valence-corrected chi connectivity index (χ3v) is 3.34. The second-order valence-corrected chi connectivity index (χ2v) is 5.42. The summed E-state index contributed by atoms with van der Waals surface area (Å²) in [6.07, 6.45) is 3.46. The Morgan fingerprint density at radius 2 is 1.94 bits per heavy atom. The number of halogens is 1. The van der Waals surface area contributed by atoms with E-state index in [1.54, 1.807) is 0 Å². The molecule has 1 unspecified atom stereocenters. The highest BCUT2D eigenvalue weighted by molar-refractivity contribution is 6.31. The number of hydrogen-bond acceptors (Lipinski definition) is 1. The van der Waals surface area contributed by atoms with Crippen LogP contribution < -0.4 is 5.32 Å². The second-order valence-electron chi connectivity index (χ2n) is 5.01. The summed E-state index contributed by atoms with van der Waals surface area (Å²) in [5.41, 5.74) is 1.26. The van der Waals surface area contributed by atoms with Gasteiger partial charge in [-0.2, -0.15) is 0 Å². The van der Waals surface area contributed by atoms with Crippen molar-refractivity contribution in [1.29, 1.82) is 0 Å². The maximum absolute atomic E-state index is 6.17. The zero-order valence-corrected chi connectivity index (χ0v) is 11.9. The van der Waals surface area contributed by atoms with Gasteiger partial charge in [0.15, 0.2) is 0 Å². The molecule has 0 radical (unpaired) electrons. The van der Waals surface area contributed by atoms with Crippen LogP contribution in [0.25, 0.3) is 0 Å². The molecule has 0 saturated carbocycles. The third kappa shape index (κ3) is 5.56. The number of aryl methyl sites for hydroxylation is 1. The summed E-state index contributed by atoms with van der Waals surface area (Å²) >= 11 is 6.17. The predicted octanol–water partition coefficient (Wildman–Crippen LogP) is 4.30. The van der Waals surface area contributed by atoms with Crippen LogP contribution in [0, 0.1) is 5.92 Å². The molecule has 1 aromatic rings. The maximum atomic E-state index is 6.17. The van der Waals surface area contributed by atoms with Crippen LogP contribution in [0.3, 0.4) is 0 Å². The summed E-state index contributed by atoms with van der Waals surface area (Å²) in [5.74, 6) is 0.741. The largest absolute Gasteiger partial charge is 0.314 e. The van der Waals surface area contributed by atoms with E-state index >= 15 is 0 Å². The van der Waals surface area contributed by atoms with Crippen molar-refractivity contribution >= 4 is 11.6 Å². The monoisotopic (exact) mass is 253 g/mol. The van der Waals surface area contributed by atoms with Gasteiger partial charge in [0, 0.05) is 11.1 Å². The quantitative estimate of drug-likeness (QED) is 0.764. The standard InChI is InChI=1S/C15H24ClN/c1-4-17-14(11-12(2)3)10-9-13-7-5-6-8-15(13)16/h5-8,12,14,17H,4,9-11H2,1-3H3. The topological polar surface area (TPSA) is 12.0 Å². The van der Waals surface area contributed by atoms with Crippen LogP contribution in [0.15, 0.2) is 24.3 Å². The van der Waals surface area contributed by atoms with Crippen LogP contribution in [0.5, 0.6) is 0 Å². The van der Waals surface area contributed by atoms with Crippen molar-refractivity contribution in [3.8, 4) is 0 Å². The average Bonchev–Trinajstić information content (AvgIpc) is 2.27. The first-order valence-corrected chi connectivity index (χ1v) is 6.98. The molecular weight excluding hydrogens is 230 g/mol. The second kappa shape index (κ2) is 7.73. The maximum Gasteiger partial charge on any atom is 0.0437 e. The van der Waals surface area contributed by atoms with Crippen LogP contribution in [0.2, 0.25) is 5.02 Å². The van der Waals surface area contributed by atoms with Crippen LogP contribution in [-0.2, 0) is 6.42 Å². The molecule has 0 heterocycles. The number of rotatable bonds is 7. The van der Waals surface area contributed by atoms with Gasteiger partial charge in [-0.25, -0.2) is 0 Å². The van der Waals surface area contributed by atoms with Gasteiger partial charge in [-0.3, -0.25) is 0 Å². The van der Waals surface area contributed by atoms with Crippen LogP contribution in [-0.4, -0.2) is 12.6 Å². The Labute approximate surface area is 111 Å². The van der Waals surface area contributed by atoms with Gasteiger partial charge in [0.05, 0.1) is 0 Å². The molecule has 0 bridgehead atoms. The third-order valence-electron chi connectivity index (χ3n) is 2.97. The van der Waals surface area contributed by atoms with E-state index in [0.29, 0.717) is 6.04 Å². The highest BCUT2D eigenvalue weighted by Crippen LogP contribution is 2.18. The fourth-order valence-electron chi connectivity index (χ4n) is 2.19. The van der Waals surface area contributed by atoms with E-state index in [-0.39, 0.29) is 0 Å². The lowest BCUT2D eigenvalue weighted by Crippen LogP contribution is -2.30. The number of nitrogens with one attached hydrogen (secondary N) is 1. The van der Waals surface area contributed by atoms with Crippen molar-refractivity contribution in [2.24, 2.45) is 5.92 Å². The molecule has 1 aromatic carbocycles. The van der Waals surface area contributed by atoms with Gasteiger partial charge in [-0.15, -0.1) is 0 Å². The summed E-state index contributed by atoms with van der Waals surface area (Å²) in [4.78, 5) is 0. The van der Waals surface area contributed by atoms with Crippen molar-refractivity contribution in [2.75, 3.05) is 6.54 Å². The lowest BCUT2D eigenvalue weighted by atomic mass is 9.97. The molecule has 0 aliphatic carbocycles. The zero-order chi connectivity index (χ0) is 12.7. The van der Waals surface area contributed by atoms with E-state index in [9.17, 15) is 0 Å². The molecule has 96 valence electrons. The number of benzene rings is 1. The van der Waals surface area contributed by atoms with Crippen LogP contribution >= 0.6 is 11.6 Å². The van der Waals surface area contributed by atoms with E-state index in [4.69, 9.17) is 11.6 Å². The van der Waals surface area contributed by atoms with E-state index in [2.05, 4.69) is 38.2 Å². The molecule has 1 atom stereocenters. The summed E-state index contributed by atoms with van der Waals surface area (Å²) in [5, 5.41) is 4.46. The predicted molar refractivity (Wildman–Crippen MR) is 76.7 cm³/mol. The first-order chi connectivity index (χ1) is 8.13. The lowest BCUT2D eigenvalue weighted by molar-refractivity contribution is 0.405. The van der Waals surface area contributed by atoms with E-state index < -0.39 is 0 Å². The van der Waals surface area contributed by atoms with Gasteiger partial charge in [-0.1, -0.05) is 50.6 Å². The van der Waals surface area contributed by atoms with Crippen molar-refractivity contribution in [3.05, 3.63) is 34.9 Å². The fourth-order valence-corrected chi connectivity index (χ4v) is 2.42. The minimum absolute atomic E-state index is 0.608. The molecular formula is C15H24ClN. The molecule has 1 nitrogen and oxygen atoms in total. The molecule has 17 heavy (non-hydrogen) atoms. The molecule has 1 rings (SSSR count). The van der Waals surface area contributed by atoms with Crippen molar-refractivity contribution < 1.29 is 0 Å². The molecule has 0 spiro atoms. The minimum atomic E-state index is 0.608. The molecule has 2 heteroatoms. The molecule has 0 aliphatic rings. The zero-order valence-electron chi connectivity index (χ0n) is 11.2. The highest BCUT2D eigenvalue weighted by atomic mass is 35.5. The average molecular weight is 254 g/mol. The SMILES string of the molecule is CCNC(CCc1ccccc1Cl)CC(C)C. The van der Waals surface area contributed by atoms with Crippen LogP contribution in [0.4, 0.5) is 0 Å². The minimum Gasteiger partial charge on any atom is -0.314 e. The van der Waals surface area contributed by atoms with Gasteiger partial charge < -0.3 is 5.32 Å². The van der Waals surface area contributed by atoms with E-state index in [1.165, 1.54) is 12.0 Å². The Morgan fingerprint density at radius 3 is 2.53 bits per heavy atom. The summed E-state index contributed by atoms with van der Waals surface area (Å²) in [6, 6.07) is 8.76. The Hall–Kier alpha value is -0.530. The van der Waals surface area contributed by atoms with Gasteiger partial charge in [-0.05, 0) is 43.4 Å². The molecule has 1 N–H and O–H groups in total. The molecule has 0 saturated heterocycles. The molecule has 0 fully saturated rings. The Kier molecular flexibility index (Phi) is 6.61. The normalized spacial score (nSPS) is 13.0. The Bertz CT molecular complexity index is 322. The summed E-state index contributed by atoms with van der Waals surface area (Å²) < 4.78 is 0. The number of hydrogen-bond donors (Lipinski definition) is 1. The molecule has 0 amide bonds.